The minimum absolute atomic E-state index is 0.293. The molecule has 0 N–H and O–H groups in total. The maximum absolute atomic E-state index is 12.6. The Morgan fingerprint density at radius 1 is 1.70 bits per heavy atom. The van der Waals surface area contributed by atoms with Crippen LogP contribution in [-0.2, 0) is 5.88 Å². The summed E-state index contributed by atoms with van der Waals surface area (Å²) < 4.78 is 12.6. The molecular formula is C7H7ClFN. The number of alkyl halides is 1. The fourth-order valence-corrected chi connectivity index (χ4v) is 0.765. The summed E-state index contributed by atoms with van der Waals surface area (Å²) in [5, 5.41) is 0. The van der Waals surface area contributed by atoms with E-state index in [2.05, 4.69) is 4.98 Å². The zero-order valence-electron chi connectivity index (χ0n) is 5.56. The number of hydrogen-bond acceptors (Lipinski definition) is 1. The summed E-state index contributed by atoms with van der Waals surface area (Å²) in [7, 11) is 0. The van der Waals surface area contributed by atoms with Gasteiger partial charge in [0.15, 0.2) is 0 Å². The first-order valence-corrected chi connectivity index (χ1v) is 3.44. The third-order valence-electron chi connectivity index (χ3n) is 1.24. The molecule has 1 heterocycles. The lowest BCUT2D eigenvalue weighted by Gasteiger charge is -1.96. The Kier molecular flexibility index (Phi) is 2.22. The molecular weight excluding hydrogens is 153 g/mol. The molecule has 0 unspecified atom stereocenters. The van der Waals surface area contributed by atoms with Gasteiger partial charge >= 0.3 is 0 Å². The summed E-state index contributed by atoms with van der Waals surface area (Å²) in [6, 6.07) is 1.40. The first-order chi connectivity index (χ1) is 4.74. The molecule has 0 radical (unpaired) electrons. The van der Waals surface area contributed by atoms with Crippen LogP contribution < -0.4 is 0 Å². The van der Waals surface area contributed by atoms with E-state index in [0.717, 1.165) is 0 Å². The molecule has 0 bridgehead atoms. The molecule has 0 aliphatic heterocycles. The Morgan fingerprint density at radius 3 is 2.90 bits per heavy atom. The van der Waals surface area contributed by atoms with E-state index in [-0.39, 0.29) is 5.82 Å². The van der Waals surface area contributed by atoms with Crippen LogP contribution in [0.3, 0.4) is 0 Å². The normalized spacial score (nSPS) is 9.90. The van der Waals surface area contributed by atoms with E-state index >= 15 is 0 Å². The molecule has 1 nitrogen and oxygen atoms in total. The highest BCUT2D eigenvalue weighted by Gasteiger charge is 1.98. The Balaban J connectivity index is 3.04. The Hall–Kier alpha value is -0.630. The SMILES string of the molecule is Cc1ncc(CCl)cc1F. The van der Waals surface area contributed by atoms with Crippen molar-refractivity contribution in [3.63, 3.8) is 0 Å². The number of aryl methyl sites for hydroxylation is 1. The molecule has 0 saturated carbocycles. The molecule has 0 saturated heterocycles. The molecule has 0 aromatic carbocycles. The average molecular weight is 160 g/mol. The van der Waals surface area contributed by atoms with Crippen molar-refractivity contribution in [2.24, 2.45) is 0 Å². The molecule has 54 valence electrons. The summed E-state index contributed by atoms with van der Waals surface area (Å²) in [5.74, 6) is 0.0163. The Bertz CT molecular complexity index is 237. The van der Waals surface area contributed by atoms with Gasteiger partial charge in [-0.15, -0.1) is 11.6 Å². The zero-order chi connectivity index (χ0) is 7.56. The molecule has 0 atom stereocenters. The smallest absolute Gasteiger partial charge is 0.144 e. The van der Waals surface area contributed by atoms with Crippen LogP contribution in [0.2, 0.25) is 0 Å². The van der Waals surface area contributed by atoms with Crippen molar-refractivity contribution in [1.82, 2.24) is 4.98 Å². The predicted octanol–water partition coefficient (Wildman–Crippen LogP) is 2.27. The second-order valence-electron chi connectivity index (χ2n) is 2.04. The van der Waals surface area contributed by atoms with Gasteiger partial charge in [-0.3, -0.25) is 4.98 Å². The molecule has 0 aliphatic rings. The van der Waals surface area contributed by atoms with Gasteiger partial charge in [-0.25, -0.2) is 4.39 Å². The van der Waals surface area contributed by atoms with Crippen LogP contribution in [0.25, 0.3) is 0 Å². The van der Waals surface area contributed by atoms with Crippen LogP contribution in [0.1, 0.15) is 11.3 Å². The first kappa shape index (κ1) is 7.48. The largest absolute Gasteiger partial charge is 0.258 e. The van der Waals surface area contributed by atoms with Crippen molar-refractivity contribution in [3.8, 4) is 0 Å². The van der Waals surface area contributed by atoms with E-state index in [1.54, 1.807) is 13.1 Å². The highest BCUT2D eigenvalue weighted by Crippen LogP contribution is 2.07. The van der Waals surface area contributed by atoms with Crippen molar-refractivity contribution in [1.29, 1.82) is 0 Å². The molecule has 1 rings (SSSR count). The third kappa shape index (κ3) is 1.45. The van der Waals surface area contributed by atoms with Gasteiger partial charge < -0.3 is 0 Å². The number of nitrogens with zero attached hydrogens (tertiary/aromatic N) is 1. The quantitative estimate of drug-likeness (QED) is 0.573. The van der Waals surface area contributed by atoms with Crippen molar-refractivity contribution < 1.29 is 4.39 Å². The van der Waals surface area contributed by atoms with Gasteiger partial charge in [0.2, 0.25) is 0 Å². The van der Waals surface area contributed by atoms with Gasteiger partial charge in [0, 0.05) is 12.1 Å². The van der Waals surface area contributed by atoms with Crippen LogP contribution in [0, 0.1) is 12.7 Å². The van der Waals surface area contributed by atoms with E-state index in [1.165, 1.54) is 6.07 Å². The average Bonchev–Trinajstić information content (AvgIpc) is 1.95. The first-order valence-electron chi connectivity index (χ1n) is 2.91. The highest BCUT2D eigenvalue weighted by molar-refractivity contribution is 6.17. The van der Waals surface area contributed by atoms with Crippen molar-refractivity contribution in [3.05, 3.63) is 29.3 Å². The van der Waals surface area contributed by atoms with E-state index in [1.807, 2.05) is 0 Å². The van der Waals surface area contributed by atoms with Gasteiger partial charge in [0.25, 0.3) is 0 Å². The summed E-state index contributed by atoms with van der Waals surface area (Å²) in [6.07, 6.45) is 1.57. The van der Waals surface area contributed by atoms with Crippen LogP contribution >= 0.6 is 11.6 Å². The van der Waals surface area contributed by atoms with E-state index in [4.69, 9.17) is 11.6 Å². The summed E-state index contributed by atoms with van der Waals surface area (Å²) >= 11 is 5.44. The highest BCUT2D eigenvalue weighted by atomic mass is 35.5. The van der Waals surface area contributed by atoms with Crippen LogP contribution in [0.15, 0.2) is 12.3 Å². The minimum atomic E-state index is -0.293. The summed E-state index contributed by atoms with van der Waals surface area (Å²) in [4.78, 5) is 3.79. The van der Waals surface area contributed by atoms with Crippen molar-refractivity contribution in [2.75, 3.05) is 0 Å². The molecule has 0 aliphatic carbocycles. The van der Waals surface area contributed by atoms with Crippen LogP contribution in [0.4, 0.5) is 4.39 Å². The van der Waals surface area contributed by atoms with Crippen molar-refractivity contribution in [2.45, 2.75) is 12.8 Å². The molecule has 1 aromatic rings. The van der Waals surface area contributed by atoms with Crippen molar-refractivity contribution >= 4 is 11.6 Å². The molecule has 1 aromatic heterocycles. The number of halogens is 2. The Morgan fingerprint density at radius 2 is 2.40 bits per heavy atom. The molecule has 0 fully saturated rings. The van der Waals surface area contributed by atoms with E-state index in [0.29, 0.717) is 17.1 Å². The second kappa shape index (κ2) is 2.97. The molecule has 10 heavy (non-hydrogen) atoms. The molecule has 0 amide bonds. The maximum Gasteiger partial charge on any atom is 0.144 e. The van der Waals surface area contributed by atoms with Gasteiger partial charge in [-0.05, 0) is 18.6 Å². The fourth-order valence-electron chi connectivity index (χ4n) is 0.619. The van der Waals surface area contributed by atoms with Gasteiger partial charge in [-0.1, -0.05) is 0 Å². The lowest BCUT2D eigenvalue weighted by Crippen LogP contribution is -1.89. The minimum Gasteiger partial charge on any atom is -0.258 e. The summed E-state index contributed by atoms with van der Waals surface area (Å²) in [6.45, 7) is 1.62. The zero-order valence-corrected chi connectivity index (χ0v) is 6.32. The molecule has 0 spiro atoms. The molecule has 3 heteroatoms. The summed E-state index contributed by atoms with van der Waals surface area (Å²) in [5.41, 5.74) is 1.12. The standard InChI is InChI=1S/C7H7ClFN/c1-5-7(9)2-6(3-8)4-10-5/h2,4H,3H2,1H3. The van der Waals surface area contributed by atoms with Gasteiger partial charge in [-0.2, -0.15) is 0 Å². The van der Waals surface area contributed by atoms with E-state index in [9.17, 15) is 4.39 Å². The third-order valence-corrected chi connectivity index (χ3v) is 1.54. The van der Waals surface area contributed by atoms with Crippen LogP contribution in [0.5, 0.6) is 0 Å². The topological polar surface area (TPSA) is 12.9 Å². The monoisotopic (exact) mass is 159 g/mol. The predicted molar refractivity (Wildman–Crippen MR) is 38.5 cm³/mol. The second-order valence-corrected chi connectivity index (χ2v) is 2.31. The van der Waals surface area contributed by atoms with Gasteiger partial charge in [0.1, 0.15) is 5.82 Å². The van der Waals surface area contributed by atoms with Crippen LogP contribution in [-0.4, -0.2) is 4.98 Å². The fraction of sp³-hybridized carbons (Fsp3) is 0.286. The lowest BCUT2D eigenvalue weighted by atomic mass is 10.3. The lowest BCUT2D eigenvalue weighted by molar-refractivity contribution is 0.608. The number of pyridine rings is 1. The maximum atomic E-state index is 12.6. The number of hydrogen-bond donors (Lipinski definition) is 0. The Labute approximate surface area is 63.8 Å². The number of aromatic nitrogens is 1. The van der Waals surface area contributed by atoms with E-state index < -0.39 is 0 Å². The van der Waals surface area contributed by atoms with Gasteiger partial charge in [0.05, 0.1) is 5.69 Å². The number of rotatable bonds is 1.